The molecule has 2 rings (SSSR count). The van der Waals surface area contributed by atoms with Gasteiger partial charge in [-0.3, -0.25) is 9.78 Å². The van der Waals surface area contributed by atoms with E-state index in [4.69, 9.17) is 0 Å². The van der Waals surface area contributed by atoms with Gasteiger partial charge in [-0.1, -0.05) is 12.1 Å². The smallest absolute Gasteiger partial charge is 0.233 e. The van der Waals surface area contributed by atoms with Gasteiger partial charge in [0, 0.05) is 12.7 Å². The summed E-state index contributed by atoms with van der Waals surface area (Å²) in [6.07, 6.45) is 4.13. The van der Waals surface area contributed by atoms with Crippen molar-refractivity contribution in [3.63, 3.8) is 0 Å². The molecule has 0 aliphatic rings. The van der Waals surface area contributed by atoms with Crippen molar-refractivity contribution in [2.75, 3.05) is 18.1 Å². The third-order valence-electron chi connectivity index (χ3n) is 3.44. The average Bonchev–Trinajstić information content (AvgIpc) is 2.50. The van der Waals surface area contributed by atoms with Crippen LogP contribution in [0, 0.1) is 12.7 Å². The minimum atomic E-state index is -3.47. The first-order chi connectivity index (χ1) is 11.3. The molecule has 1 atom stereocenters. The Kier molecular flexibility index (Phi) is 5.63. The third-order valence-corrected chi connectivity index (χ3v) is 4.13. The quantitative estimate of drug-likeness (QED) is 0.831. The van der Waals surface area contributed by atoms with Crippen LogP contribution < -0.4 is 10.0 Å². The minimum Gasteiger partial charge on any atom is -0.324 e. The Morgan fingerprint density at radius 2 is 1.92 bits per heavy atom. The van der Waals surface area contributed by atoms with E-state index in [1.54, 1.807) is 12.3 Å². The molecular weight excluding hydrogens is 333 g/mol. The van der Waals surface area contributed by atoms with Crippen LogP contribution >= 0.6 is 0 Å². The zero-order valence-corrected chi connectivity index (χ0v) is 14.1. The first kappa shape index (κ1) is 18.0. The molecule has 1 aromatic heterocycles. The number of sulfonamides is 1. The van der Waals surface area contributed by atoms with Crippen LogP contribution in [0.5, 0.6) is 0 Å². The van der Waals surface area contributed by atoms with Crippen molar-refractivity contribution < 1.29 is 17.6 Å². The van der Waals surface area contributed by atoms with E-state index in [1.807, 2.05) is 6.92 Å². The molecule has 1 amide bonds. The number of aryl methyl sites for hydroxylation is 1. The van der Waals surface area contributed by atoms with E-state index in [9.17, 15) is 17.6 Å². The molecule has 0 saturated carbocycles. The fourth-order valence-corrected chi connectivity index (χ4v) is 2.58. The highest BCUT2D eigenvalue weighted by Gasteiger charge is 2.22. The summed E-state index contributed by atoms with van der Waals surface area (Å²) >= 11 is 0. The zero-order valence-electron chi connectivity index (χ0n) is 13.3. The van der Waals surface area contributed by atoms with Gasteiger partial charge in [-0.2, -0.15) is 0 Å². The molecule has 6 nitrogen and oxygen atoms in total. The third kappa shape index (κ3) is 5.10. The Labute approximate surface area is 140 Å². The molecule has 0 fully saturated rings. The molecule has 0 saturated heterocycles. The number of anilines is 1. The van der Waals surface area contributed by atoms with Crippen molar-refractivity contribution in [3.8, 4) is 0 Å². The Balaban J connectivity index is 2.25. The number of rotatable bonds is 6. The van der Waals surface area contributed by atoms with Crippen LogP contribution in [0.1, 0.15) is 17.0 Å². The summed E-state index contributed by atoms with van der Waals surface area (Å²) < 4.78 is 38.1. The molecule has 0 unspecified atom stereocenters. The number of amides is 1. The SMILES string of the molecule is Cc1ccncc1NC(=O)[C@H](CNS(C)(=O)=O)c1ccc(F)cc1. The maximum atomic E-state index is 13.1. The van der Waals surface area contributed by atoms with Gasteiger partial charge >= 0.3 is 0 Å². The Morgan fingerprint density at radius 1 is 1.25 bits per heavy atom. The maximum Gasteiger partial charge on any atom is 0.233 e. The van der Waals surface area contributed by atoms with E-state index >= 15 is 0 Å². The van der Waals surface area contributed by atoms with Crippen LogP contribution in [0.2, 0.25) is 0 Å². The molecule has 2 N–H and O–H groups in total. The number of hydrogen-bond donors (Lipinski definition) is 2. The topological polar surface area (TPSA) is 88.2 Å². The number of pyridine rings is 1. The zero-order chi connectivity index (χ0) is 17.7. The standard InChI is InChI=1S/C16H18FN3O3S/c1-11-7-8-18-10-15(11)20-16(21)14(9-19-24(2,22)23)12-3-5-13(17)6-4-12/h3-8,10,14,19H,9H2,1-2H3,(H,20,21)/t14-/m1/s1. The maximum absolute atomic E-state index is 13.1. The van der Waals surface area contributed by atoms with Crippen LogP contribution in [0.25, 0.3) is 0 Å². The Bertz CT molecular complexity index is 823. The van der Waals surface area contributed by atoms with Gasteiger partial charge in [0.05, 0.1) is 24.1 Å². The van der Waals surface area contributed by atoms with E-state index < -0.39 is 27.7 Å². The average molecular weight is 351 g/mol. The predicted molar refractivity (Wildman–Crippen MR) is 89.6 cm³/mol. The number of halogens is 1. The predicted octanol–water partition coefficient (Wildman–Crippen LogP) is 1.80. The molecule has 2 aromatic rings. The van der Waals surface area contributed by atoms with Gasteiger partial charge < -0.3 is 5.32 Å². The Hall–Kier alpha value is -2.32. The van der Waals surface area contributed by atoms with Crippen LogP contribution in [0.4, 0.5) is 10.1 Å². The number of nitrogens with one attached hydrogen (secondary N) is 2. The fraction of sp³-hybridized carbons (Fsp3) is 0.250. The summed E-state index contributed by atoms with van der Waals surface area (Å²) in [6, 6.07) is 7.12. The normalized spacial score (nSPS) is 12.6. The lowest BCUT2D eigenvalue weighted by Crippen LogP contribution is -2.33. The van der Waals surface area contributed by atoms with Gasteiger partial charge in [-0.05, 0) is 36.2 Å². The van der Waals surface area contributed by atoms with Crippen LogP contribution in [0.3, 0.4) is 0 Å². The van der Waals surface area contributed by atoms with E-state index in [0.717, 1.165) is 11.8 Å². The molecule has 24 heavy (non-hydrogen) atoms. The summed E-state index contributed by atoms with van der Waals surface area (Å²) in [5, 5.41) is 2.73. The van der Waals surface area contributed by atoms with Crippen LogP contribution in [-0.2, 0) is 14.8 Å². The van der Waals surface area contributed by atoms with Crippen molar-refractivity contribution in [2.24, 2.45) is 0 Å². The van der Waals surface area contributed by atoms with Crippen molar-refractivity contribution in [1.82, 2.24) is 9.71 Å². The van der Waals surface area contributed by atoms with E-state index in [2.05, 4.69) is 15.0 Å². The summed E-state index contributed by atoms with van der Waals surface area (Å²) in [4.78, 5) is 16.6. The highest BCUT2D eigenvalue weighted by atomic mass is 32.2. The summed E-state index contributed by atoms with van der Waals surface area (Å²) in [5.41, 5.74) is 1.87. The van der Waals surface area contributed by atoms with Gasteiger partial charge in [-0.15, -0.1) is 0 Å². The highest BCUT2D eigenvalue weighted by molar-refractivity contribution is 7.88. The molecule has 1 aromatic carbocycles. The van der Waals surface area contributed by atoms with Gasteiger partial charge in [-0.25, -0.2) is 17.5 Å². The molecule has 0 aliphatic heterocycles. The number of carbonyl (C=O) groups excluding carboxylic acids is 1. The second-order valence-electron chi connectivity index (χ2n) is 5.40. The fourth-order valence-electron chi connectivity index (χ4n) is 2.11. The molecule has 128 valence electrons. The lowest BCUT2D eigenvalue weighted by Gasteiger charge is -2.18. The van der Waals surface area contributed by atoms with E-state index in [0.29, 0.717) is 11.3 Å². The molecular formula is C16H18FN3O3S. The minimum absolute atomic E-state index is 0.129. The van der Waals surface area contributed by atoms with Crippen molar-refractivity contribution >= 4 is 21.6 Å². The molecule has 0 aliphatic carbocycles. The molecule has 0 spiro atoms. The largest absolute Gasteiger partial charge is 0.324 e. The van der Waals surface area contributed by atoms with Gasteiger partial charge in [0.25, 0.3) is 0 Å². The van der Waals surface area contributed by atoms with E-state index in [1.165, 1.54) is 30.5 Å². The monoisotopic (exact) mass is 351 g/mol. The number of benzene rings is 1. The Morgan fingerprint density at radius 3 is 2.50 bits per heavy atom. The second-order valence-corrected chi connectivity index (χ2v) is 7.24. The van der Waals surface area contributed by atoms with Crippen molar-refractivity contribution in [2.45, 2.75) is 12.8 Å². The number of carbonyl (C=O) groups is 1. The van der Waals surface area contributed by atoms with Crippen LogP contribution in [0.15, 0.2) is 42.7 Å². The number of aromatic nitrogens is 1. The van der Waals surface area contributed by atoms with Gasteiger partial charge in [0.15, 0.2) is 0 Å². The number of nitrogens with zero attached hydrogens (tertiary/aromatic N) is 1. The molecule has 8 heteroatoms. The number of hydrogen-bond acceptors (Lipinski definition) is 4. The lowest BCUT2D eigenvalue weighted by atomic mass is 9.98. The summed E-state index contributed by atoms with van der Waals surface area (Å²) in [6.45, 7) is 1.69. The van der Waals surface area contributed by atoms with Crippen molar-refractivity contribution in [1.29, 1.82) is 0 Å². The summed E-state index contributed by atoms with van der Waals surface area (Å²) in [5.74, 6) is -1.65. The molecule has 0 bridgehead atoms. The second kappa shape index (κ2) is 7.50. The van der Waals surface area contributed by atoms with Crippen LogP contribution in [-0.4, -0.2) is 32.1 Å². The summed E-state index contributed by atoms with van der Waals surface area (Å²) in [7, 11) is -3.47. The highest BCUT2D eigenvalue weighted by Crippen LogP contribution is 2.20. The van der Waals surface area contributed by atoms with Gasteiger partial charge in [0.1, 0.15) is 5.82 Å². The first-order valence-electron chi connectivity index (χ1n) is 7.18. The molecule has 1 heterocycles. The first-order valence-corrected chi connectivity index (χ1v) is 9.07. The van der Waals surface area contributed by atoms with Gasteiger partial charge in [0.2, 0.25) is 15.9 Å². The lowest BCUT2D eigenvalue weighted by molar-refractivity contribution is -0.117. The van der Waals surface area contributed by atoms with E-state index in [-0.39, 0.29) is 6.54 Å². The van der Waals surface area contributed by atoms with Crippen molar-refractivity contribution in [3.05, 3.63) is 59.7 Å². The molecule has 0 radical (unpaired) electrons.